The minimum atomic E-state index is 0.403. The van der Waals surface area contributed by atoms with Gasteiger partial charge in [-0.25, -0.2) is 4.98 Å². The van der Waals surface area contributed by atoms with Crippen molar-refractivity contribution in [3.8, 4) is 0 Å². The van der Waals surface area contributed by atoms with Gasteiger partial charge >= 0.3 is 0 Å². The minimum Gasteiger partial charge on any atom is -0.356 e. The summed E-state index contributed by atoms with van der Waals surface area (Å²) in [5.41, 5.74) is 1.65. The second-order valence-corrected chi connectivity index (χ2v) is 7.81. The van der Waals surface area contributed by atoms with Gasteiger partial charge in [0.2, 0.25) is 0 Å². The van der Waals surface area contributed by atoms with Crippen LogP contribution >= 0.6 is 11.3 Å². The zero-order valence-electron chi connectivity index (χ0n) is 14.0. The average molecular weight is 308 g/mol. The standard InChI is InChI=1S/C16H28N4S/c1-6-13-12(2)21-14(19-13)7-9-18-15(17-5)20-10-8-16(3,4)11-20/h6-11H2,1-5H3,(H,17,18). The van der Waals surface area contributed by atoms with E-state index in [4.69, 9.17) is 4.98 Å². The van der Waals surface area contributed by atoms with E-state index >= 15 is 0 Å². The number of rotatable bonds is 4. The molecule has 1 aromatic rings. The number of aromatic nitrogens is 1. The van der Waals surface area contributed by atoms with Crippen molar-refractivity contribution in [2.24, 2.45) is 10.4 Å². The predicted molar refractivity (Wildman–Crippen MR) is 91.3 cm³/mol. The molecule has 0 aliphatic carbocycles. The van der Waals surface area contributed by atoms with Crippen LogP contribution in [0.1, 0.15) is 42.8 Å². The monoisotopic (exact) mass is 308 g/mol. The molecule has 0 radical (unpaired) electrons. The molecule has 4 nitrogen and oxygen atoms in total. The topological polar surface area (TPSA) is 40.5 Å². The minimum absolute atomic E-state index is 0.403. The third-order valence-electron chi connectivity index (χ3n) is 4.08. The second-order valence-electron chi connectivity index (χ2n) is 6.52. The molecule has 0 aromatic carbocycles. The summed E-state index contributed by atoms with van der Waals surface area (Å²) in [6.07, 6.45) is 3.24. The lowest BCUT2D eigenvalue weighted by atomic mass is 9.93. The molecule has 1 N–H and O–H groups in total. The highest BCUT2D eigenvalue weighted by Gasteiger charge is 2.30. The fraction of sp³-hybridized carbons (Fsp3) is 0.750. The second kappa shape index (κ2) is 6.77. The number of nitrogens with zero attached hydrogens (tertiary/aromatic N) is 3. The van der Waals surface area contributed by atoms with Crippen LogP contribution in [-0.2, 0) is 12.8 Å². The summed E-state index contributed by atoms with van der Waals surface area (Å²) in [7, 11) is 1.87. The van der Waals surface area contributed by atoms with Gasteiger partial charge in [0.25, 0.3) is 0 Å². The van der Waals surface area contributed by atoms with E-state index in [9.17, 15) is 0 Å². The van der Waals surface area contributed by atoms with Gasteiger partial charge in [-0.15, -0.1) is 11.3 Å². The molecule has 0 amide bonds. The van der Waals surface area contributed by atoms with E-state index in [-0.39, 0.29) is 0 Å². The molecule has 0 spiro atoms. The van der Waals surface area contributed by atoms with E-state index in [1.807, 2.05) is 18.4 Å². The third kappa shape index (κ3) is 4.19. The van der Waals surface area contributed by atoms with Gasteiger partial charge in [-0.05, 0) is 25.2 Å². The van der Waals surface area contributed by atoms with Crippen molar-refractivity contribution < 1.29 is 0 Å². The Labute approximate surface area is 132 Å². The van der Waals surface area contributed by atoms with Crippen molar-refractivity contribution in [3.63, 3.8) is 0 Å². The number of hydrogen-bond donors (Lipinski definition) is 1. The van der Waals surface area contributed by atoms with Gasteiger partial charge in [0.15, 0.2) is 5.96 Å². The number of aryl methyl sites for hydroxylation is 2. The normalized spacial score (nSPS) is 18.3. The molecule has 118 valence electrons. The molecule has 2 rings (SSSR count). The first-order valence-corrected chi connectivity index (χ1v) is 8.67. The number of likely N-dealkylation sites (tertiary alicyclic amines) is 1. The Balaban J connectivity index is 1.84. The van der Waals surface area contributed by atoms with Crippen LogP contribution in [-0.4, -0.2) is 42.5 Å². The van der Waals surface area contributed by atoms with Crippen molar-refractivity contribution in [2.75, 3.05) is 26.7 Å². The molecule has 0 unspecified atom stereocenters. The summed E-state index contributed by atoms with van der Waals surface area (Å²) in [5.74, 6) is 1.03. The third-order valence-corrected chi connectivity index (χ3v) is 5.16. The lowest BCUT2D eigenvalue weighted by molar-refractivity contribution is 0.370. The van der Waals surface area contributed by atoms with Gasteiger partial charge < -0.3 is 10.2 Å². The Bertz CT molecular complexity index is 504. The first-order chi connectivity index (χ1) is 9.95. The molecule has 1 aliphatic heterocycles. The summed E-state index contributed by atoms with van der Waals surface area (Å²) >= 11 is 1.83. The van der Waals surface area contributed by atoms with Crippen LogP contribution in [0, 0.1) is 12.3 Å². The highest BCUT2D eigenvalue weighted by atomic mass is 32.1. The van der Waals surface area contributed by atoms with E-state index < -0.39 is 0 Å². The highest BCUT2D eigenvalue weighted by Crippen LogP contribution is 2.28. The smallest absolute Gasteiger partial charge is 0.193 e. The molecular formula is C16H28N4S. The fourth-order valence-electron chi connectivity index (χ4n) is 2.83. The van der Waals surface area contributed by atoms with Crippen LogP contribution in [0.4, 0.5) is 0 Å². The molecule has 5 heteroatoms. The Morgan fingerprint density at radius 1 is 1.48 bits per heavy atom. The van der Waals surface area contributed by atoms with Crippen LogP contribution in [0.15, 0.2) is 4.99 Å². The number of nitrogens with one attached hydrogen (secondary N) is 1. The van der Waals surface area contributed by atoms with Crippen molar-refractivity contribution >= 4 is 17.3 Å². The number of aliphatic imine (C=N–C) groups is 1. The Morgan fingerprint density at radius 2 is 2.24 bits per heavy atom. The molecule has 21 heavy (non-hydrogen) atoms. The number of hydrogen-bond acceptors (Lipinski definition) is 3. The van der Waals surface area contributed by atoms with Gasteiger partial charge in [0, 0.05) is 38.0 Å². The Morgan fingerprint density at radius 3 is 2.76 bits per heavy atom. The summed E-state index contributed by atoms with van der Waals surface area (Å²) in [6, 6.07) is 0. The van der Waals surface area contributed by atoms with E-state index in [2.05, 4.69) is 42.9 Å². The summed E-state index contributed by atoms with van der Waals surface area (Å²) in [6.45, 7) is 12.1. The average Bonchev–Trinajstić information content (AvgIpc) is 2.97. The van der Waals surface area contributed by atoms with Gasteiger partial charge in [-0.2, -0.15) is 0 Å². The zero-order chi connectivity index (χ0) is 15.5. The molecule has 0 atom stereocenters. The highest BCUT2D eigenvalue weighted by molar-refractivity contribution is 7.11. The maximum atomic E-state index is 4.70. The summed E-state index contributed by atoms with van der Waals surface area (Å²) in [5, 5.41) is 4.72. The van der Waals surface area contributed by atoms with Crippen LogP contribution < -0.4 is 5.32 Å². The van der Waals surface area contributed by atoms with Crippen LogP contribution in [0.25, 0.3) is 0 Å². The molecule has 0 bridgehead atoms. The summed E-state index contributed by atoms with van der Waals surface area (Å²) in [4.78, 5) is 12.8. The van der Waals surface area contributed by atoms with Crippen molar-refractivity contribution in [3.05, 3.63) is 15.6 Å². The predicted octanol–water partition coefficient (Wildman–Crippen LogP) is 2.86. The quantitative estimate of drug-likeness (QED) is 0.687. The lowest BCUT2D eigenvalue weighted by Gasteiger charge is -2.23. The van der Waals surface area contributed by atoms with Crippen LogP contribution in [0.3, 0.4) is 0 Å². The maximum absolute atomic E-state index is 4.70. The van der Waals surface area contributed by atoms with Crippen LogP contribution in [0.5, 0.6) is 0 Å². The van der Waals surface area contributed by atoms with Crippen LogP contribution in [0.2, 0.25) is 0 Å². The van der Waals surface area contributed by atoms with E-state index in [0.717, 1.165) is 38.4 Å². The molecule has 2 heterocycles. The first-order valence-electron chi connectivity index (χ1n) is 7.86. The number of guanidine groups is 1. The van der Waals surface area contributed by atoms with Gasteiger partial charge in [0.1, 0.15) is 0 Å². The SMILES string of the molecule is CCc1nc(CCNC(=NC)N2CCC(C)(C)C2)sc1C. The molecular weight excluding hydrogens is 280 g/mol. The molecule has 0 saturated carbocycles. The van der Waals surface area contributed by atoms with Gasteiger partial charge in [-0.3, -0.25) is 4.99 Å². The summed E-state index contributed by atoms with van der Waals surface area (Å²) < 4.78 is 0. The van der Waals surface area contributed by atoms with Crippen molar-refractivity contribution in [1.82, 2.24) is 15.2 Å². The molecule has 1 fully saturated rings. The van der Waals surface area contributed by atoms with Crippen molar-refractivity contribution in [2.45, 2.75) is 47.0 Å². The lowest BCUT2D eigenvalue weighted by Crippen LogP contribution is -2.41. The molecule has 1 aromatic heterocycles. The van der Waals surface area contributed by atoms with E-state index in [0.29, 0.717) is 5.41 Å². The van der Waals surface area contributed by atoms with E-state index in [1.165, 1.54) is 22.0 Å². The largest absolute Gasteiger partial charge is 0.356 e. The first kappa shape index (κ1) is 16.3. The number of thiazole rings is 1. The van der Waals surface area contributed by atoms with Gasteiger partial charge in [0.05, 0.1) is 10.7 Å². The Kier molecular flexibility index (Phi) is 5.25. The van der Waals surface area contributed by atoms with Crippen molar-refractivity contribution in [1.29, 1.82) is 0 Å². The molecule has 1 aliphatic rings. The Hall–Kier alpha value is -1.10. The molecule has 1 saturated heterocycles. The van der Waals surface area contributed by atoms with Gasteiger partial charge in [-0.1, -0.05) is 20.8 Å². The zero-order valence-corrected chi connectivity index (χ0v) is 14.8. The maximum Gasteiger partial charge on any atom is 0.193 e. The van der Waals surface area contributed by atoms with E-state index in [1.54, 1.807) is 0 Å². The fourth-order valence-corrected chi connectivity index (χ4v) is 3.85.